The number of amides is 1. The number of carboxylic acids is 1. The average Bonchev–Trinajstić information content (AvgIpc) is 2.53. The van der Waals surface area contributed by atoms with E-state index in [1.54, 1.807) is 35.5 Å². The van der Waals surface area contributed by atoms with Crippen molar-refractivity contribution in [1.82, 2.24) is 14.9 Å². The van der Waals surface area contributed by atoms with Crippen molar-refractivity contribution in [2.24, 2.45) is 5.92 Å². The van der Waals surface area contributed by atoms with Crippen molar-refractivity contribution in [3.8, 4) is 0 Å². The maximum absolute atomic E-state index is 12.6. The first-order valence-electron chi connectivity index (χ1n) is 6.88. The number of hydrogen-bond donors (Lipinski definition) is 1. The Labute approximate surface area is 121 Å². The minimum absolute atomic E-state index is 0.174. The molecule has 2 aromatic rings. The number of rotatable bonds is 2. The molecule has 1 saturated heterocycles. The molecule has 1 aliphatic heterocycles. The van der Waals surface area contributed by atoms with Crippen LogP contribution in [0.1, 0.15) is 23.2 Å². The van der Waals surface area contributed by atoms with Crippen LogP contribution in [0.15, 0.2) is 30.6 Å². The lowest BCUT2D eigenvalue weighted by Crippen LogP contribution is -2.42. The van der Waals surface area contributed by atoms with E-state index in [1.165, 1.54) is 0 Å². The molecule has 1 amide bonds. The summed E-state index contributed by atoms with van der Waals surface area (Å²) in [6, 6.07) is 5.28. The van der Waals surface area contributed by atoms with Crippen molar-refractivity contribution in [2.75, 3.05) is 13.1 Å². The molecule has 1 aliphatic rings. The van der Waals surface area contributed by atoms with E-state index in [-0.39, 0.29) is 12.5 Å². The zero-order chi connectivity index (χ0) is 14.8. The second-order valence-corrected chi connectivity index (χ2v) is 5.16. The van der Waals surface area contributed by atoms with Gasteiger partial charge in [0.15, 0.2) is 0 Å². The van der Waals surface area contributed by atoms with Crippen LogP contribution in [0.25, 0.3) is 11.0 Å². The van der Waals surface area contributed by atoms with E-state index in [9.17, 15) is 9.59 Å². The summed E-state index contributed by atoms with van der Waals surface area (Å²) in [6.45, 7) is 0.837. The highest BCUT2D eigenvalue weighted by molar-refractivity contribution is 6.04. The molecule has 0 bridgehead atoms. The van der Waals surface area contributed by atoms with Crippen LogP contribution in [-0.2, 0) is 4.79 Å². The fraction of sp³-hybridized carbons (Fsp3) is 0.333. The smallest absolute Gasteiger partial charge is 0.308 e. The van der Waals surface area contributed by atoms with Gasteiger partial charge in [0.1, 0.15) is 5.52 Å². The Bertz CT molecular complexity index is 696. The Balaban J connectivity index is 1.92. The topological polar surface area (TPSA) is 83.4 Å². The van der Waals surface area contributed by atoms with Crippen molar-refractivity contribution in [3.63, 3.8) is 0 Å². The first-order chi connectivity index (χ1) is 10.2. The third kappa shape index (κ3) is 2.56. The number of benzene rings is 1. The van der Waals surface area contributed by atoms with Gasteiger partial charge in [-0.25, -0.2) is 0 Å². The van der Waals surface area contributed by atoms with E-state index in [0.717, 1.165) is 0 Å². The molecule has 1 aromatic heterocycles. The normalized spacial score (nSPS) is 18.7. The monoisotopic (exact) mass is 285 g/mol. The van der Waals surface area contributed by atoms with Crippen LogP contribution in [0, 0.1) is 5.92 Å². The molecular weight excluding hydrogens is 270 g/mol. The summed E-state index contributed by atoms with van der Waals surface area (Å²) >= 11 is 0. The van der Waals surface area contributed by atoms with Crippen LogP contribution in [0.4, 0.5) is 0 Å². The van der Waals surface area contributed by atoms with E-state index in [4.69, 9.17) is 5.11 Å². The summed E-state index contributed by atoms with van der Waals surface area (Å²) < 4.78 is 0. The molecule has 1 fully saturated rings. The summed E-state index contributed by atoms with van der Waals surface area (Å²) in [5.41, 5.74) is 1.70. The van der Waals surface area contributed by atoms with E-state index in [2.05, 4.69) is 9.97 Å². The highest BCUT2D eigenvalue weighted by Crippen LogP contribution is 2.21. The van der Waals surface area contributed by atoms with Crippen LogP contribution in [0.3, 0.4) is 0 Å². The summed E-state index contributed by atoms with van der Waals surface area (Å²) in [4.78, 5) is 33.8. The number of nitrogens with zero attached hydrogens (tertiary/aromatic N) is 3. The molecule has 6 heteroatoms. The molecule has 0 aliphatic carbocycles. The van der Waals surface area contributed by atoms with Gasteiger partial charge in [-0.15, -0.1) is 0 Å². The van der Waals surface area contributed by atoms with Gasteiger partial charge in [-0.05, 0) is 25.0 Å². The summed E-state index contributed by atoms with van der Waals surface area (Å²) in [7, 11) is 0. The molecule has 0 unspecified atom stereocenters. The standard InChI is InChI=1S/C15H15N3O3/c19-14(18-8-2-3-10(9-18)15(20)21)11-4-1-5-12-13(11)17-7-6-16-12/h1,4-7,10H,2-3,8-9H2,(H,20,21)/t10-/m1/s1. The zero-order valence-corrected chi connectivity index (χ0v) is 11.4. The first-order valence-corrected chi connectivity index (χ1v) is 6.88. The third-order valence-electron chi connectivity index (χ3n) is 3.79. The van der Waals surface area contributed by atoms with Crippen LogP contribution >= 0.6 is 0 Å². The Morgan fingerprint density at radius 1 is 1.24 bits per heavy atom. The van der Waals surface area contributed by atoms with Gasteiger partial charge in [-0.2, -0.15) is 0 Å². The highest BCUT2D eigenvalue weighted by Gasteiger charge is 2.29. The predicted molar refractivity (Wildman–Crippen MR) is 75.8 cm³/mol. The largest absolute Gasteiger partial charge is 0.481 e. The number of fused-ring (bicyclic) bond motifs is 1. The third-order valence-corrected chi connectivity index (χ3v) is 3.79. The number of carboxylic acid groups (broad SMARTS) is 1. The lowest BCUT2D eigenvalue weighted by molar-refractivity contribution is -0.143. The molecule has 0 spiro atoms. The van der Waals surface area contributed by atoms with Crippen LogP contribution in [0.5, 0.6) is 0 Å². The van der Waals surface area contributed by atoms with Crippen molar-refractivity contribution >= 4 is 22.9 Å². The zero-order valence-electron chi connectivity index (χ0n) is 11.4. The second kappa shape index (κ2) is 5.47. The van der Waals surface area contributed by atoms with Gasteiger partial charge in [0, 0.05) is 25.5 Å². The predicted octanol–water partition coefficient (Wildman–Crippen LogP) is 1.57. The van der Waals surface area contributed by atoms with Gasteiger partial charge in [0.05, 0.1) is 17.0 Å². The number of hydrogen-bond acceptors (Lipinski definition) is 4. The summed E-state index contributed by atoms with van der Waals surface area (Å²) in [5.74, 6) is -1.50. The van der Waals surface area contributed by atoms with Crippen molar-refractivity contribution in [3.05, 3.63) is 36.2 Å². The molecule has 1 N–H and O–H groups in total. The molecule has 1 aromatic carbocycles. The number of carbonyl (C=O) groups excluding carboxylic acids is 1. The molecule has 2 heterocycles. The van der Waals surface area contributed by atoms with Crippen LogP contribution in [-0.4, -0.2) is 44.9 Å². The number of piperidine rings is 1. The van der Waals surface area contributed by atoms with Gasteiger partial charge < -0.3 is 10.0 Å². The number of aromatic nitrogens is 2. The van der Waals surface area contributed by atoms with Crippen LogP contribution in [0.2, 0.25) is 0 Å². The lowest BCUT2D eigenvalue weighted by Gasteiger charge is -2.30. The van der Waals surface area contributed by atoms with E-state index < -0.39 is 11.9 Å². The van der Waals surface area contributed by atoms with Gasteiger partial charge in [0.25, 0.3) is 5.91 Å². The Kier molecular flexibility index (Phi) is 3.51. The van der Waals surface area contributed by atoms with E-state index >= 15 is 0 Å². The molecule has 0 saturated carbocycles. The average molecular weight is 285 g/mol. The Morgan fingerprint density at radius 2 is 2.05 bits per heavy atom. The number of aliphatic carboxylic acids is 1. The first kappa shape index (κ1) is 13.5. The van der Waals surface area contributed by atoms with Gasteiger partial charge >= 0.3 is 5.97 Å². The van der Waals surface area contributed by atoms with E-state index in [1.807, 2.05) is 0 Å². The Morgan fingerprint density at radius 3 is 2.86 bits per heavy atom. The van der Waals surface area contributed by atoms with E-state index in [0.29, 0.717) is 36.0 Å². The molecule has 3 rings (SSSR count). The second-order valence-electron chi connectivity index (χ2n) is 5.16. The van der Waals surface area contributed by atoms with Crippen molar-refractivity contribution < 1.29 is 14.7 Å². The molecule has 0 radical (unpaired) electrons. The van der Waals surface area contributed by atoms with Crippen molar-refractivity contribution in [1.29, 1.82) is 0 Å². The molecule has 6 nitrogen and oxygen atoms in total. The lowest BCUT2D eigenvalue weighted by atomic mass is 9.97. The SMILES string of the molecule is O=C(O)[C@@H]1CCCN(C(=O)c2cccc3nccnc23)C1. The van der Waals surface area contributed by atoms with Gasteiger partial charge in [-0.1, -0.05) is 6.07 Å². The van der Waals surface area contributed by atoms with Gasteiger partial charge in [0.2, 0.25) is 0 Å². The maximum Gasteiger partial charge on any atom is 0.308 e. The number of para-hydroxylation sites is 1. The summed E-state index contributed by atoms with van der Waals surface area (Å²) in [6.07, 6.45) is 4.46. The fourth-order valence-corrected chi connectivity index (χ4v) is 2.70. The van der Waals surface area contributed by atoms with Crippen molar-refractivity contribution in [2.45, 2.75) is 12.8 Å². The fourth-order valence-electron chi connectivity index (χ4n) is 2.70. The minimum Gasteiger partial charge on any atom is -0.481 e. The van der Waals surface area contributed by atoms with Crippen LogP contribution < -0.4 is 0 Å². The van der Waals surface area contributed by atoms with Gasteiger partial charge in [-0.3, -0.25) is 19.6 Å². The minimum atomic E-state index is -0.842. The number of carbonyl (C=O) groups is 2. The maximum atomic E-state index is 12.6. The molecular formula is C15H15N3O3. The highest BCUT2D eigenvalue weighted by atomic mass is 16.4. The molecule has 21 heavy (non-hydrogen) atoms. The quantitative estimate of drug-likeness (QED) is 0.905. The number of likely N-dealkylation sites (tertiary alicyclic amines) is 1. The Hall–Kier alpha value is -2.50. The molecule has 1 atom stereocenters. The summed E-state index contributed by atoms with van der Waals surface area (Å²) in [5, 5.41) is 9.12. The molecule has 108 valence electrons.